The Morgan fingerprint density at radius 3 is 2.46 bits per heavy atom. The molecule has 0 amide bonds. The predicted molar refractivity (Wildman–Crippen MR) is 108 cm³/mol. The number of nitrogens with zero attached hydrogens (tertiary/aromatic N) is 3. The number of benzene rings is 2. The van der Waals surface area contributed by atoms with Crippen LogP contribution in [-0.4, -0.2) is 9.90 Å². The lowest BCUT2D eigenvalue weighted by Crippen LogP contribution is -2.37. The predicted octanol–water partition coefficient (Wildman–Crippen LogP) is 5.47. The van der Waals surface area contributed by atoms with Crippen LogP contribution in [0.25, 0.3) is 11.0 Å². The van der Waals surface area contributed by atoms with Crippen LogP contribution in [0.3, 0.4) is 0 Å². The summed E-state index contributed by atoms with van der Waals surface area (Å²) in [6, 6.07) is 17.6. The topological polar surface area (TPSA) is 21.7 Å². The van der Waals surface area contributed by atoms with Crippen molar-refractivity contribution in [3.63, 3.8) is 0 Å². The first-order valence-corrected chi connectivity index (χ1v) is 10.2. The number of aryl methyl sites for hydroxylation is 1. The number of fused-ring (bicyclic) bond motifs is 1. The zero-order chi connectivity index (χ0) is 18.4. The van der Waals surface area contributed by atoms with Gasteiger partial charge < -0.3 is 0 Å². The summed E-state index contributed by atoms with van der Waals surface area (Å²) < 4.78 is 4.33. The molecule has 0 aliphatic heterocycles. The summed E-state index contributed by atoms with van der Waals surface area (Å²) in [5, 5.41) is 4.89. The summed E-state index contributed by atoms with van der Waals surface area (Å²) in [4.78, 5) is 0. The van der Waals surface area contributed by atoms with E-state index in [0.29, 0.717) is 5.92 Å². The van der Waals surface area contributed by atoms with Crippen molar-refractivity contribution in [2.75, 3.05) is 0 Å². The van der Waals surface area contributed by atoms with Crippen LogP contribution < -0.4 is 4.68 Å². The Bertz CT molecular complexity index is 817. The maximum atomic E-state index is 4.89. The molecule has 0 N–H and O–H groups in total. The smallest absolute Gasteiger partial charge is 0.129 e. The second kappa shape index (κ2) is 8.98. The molecule has 0 aliphatic rings. The standard InChI is InChI=1S/C23H32N3/c1-4-6-7-10-17-25-22-11-8-9-12-23(22)26(24-25)18-20-13-15-21(16-14-20)19(3)5-2/h8-9,11-16,19H,4-7,10,17-18H2,1-3H3/q+1. The van der Waals surface area contributed by atoms with Crippen molar-refractivity contribution in [2.45, 2.75) is 71.9 Å². The van der Waals surface area contributed by atoms with Crippen molar-refractivity contribution in [2.24, 2.45) is 0 Å². The van der Waals surface area contributed by atoms with E-state index in [0.717, 1.165) is 13.1 Å². The number of hydrogen-bond donors (Lipinski definition) is 0. The maximum Gasteiger partial charge on any atom is 0.198 e. The minimum absolute atomic E-state index is 0.625. The molecule has 1 heterocycles. The first-order chi connectivity index (χ1) is 12.7. The Morgan fingerprint density at radius 2 is 1.73 bits per heavy atom. The van der Waals surface area contributed by atoms with E-state index in [1.807, 2.05) is 0 Å². The lowest BCUT2D eigenvalue weighted by Gasteiger charge is -2.08. The minimum atomic E-state index is 0.625. The van der Waals surface area contributed by atoms with Gasteiger partial charge in [-0.1, -0.05) is 70.0 Å². The van der Waals surface area contributed by atoms with Crippen LogP contribution in [0.5, 0.6) is 0 Å². The van der Waals surface area contributed by atoms with Crippen LogP contribution in [0.2, 0.25) is 0 Å². The van der Waals surface area contributed by atoms with Gasteiger partial charge in [0.25, 0.3) is 0 Å². The van der Waals surface area contributed by atoms with E-state index in [-0.39, 0.29) is 0 Å². The van der Waals surface area contributed by atoms with Gasteiger partial charge in [0.05, 0.1) is 5.21 Å². The van der Waals surface area contributed by atoms with Gasteiger partial charge in [-0.2, -0.15) is 0 Å². The van der Waals surface area contributed by atoms with Crippen molar-refractivity contribution < 1.29 is 4.68 Å². The molecule has 0 radical (unpaired) electrons. The van der Waals surface area contributed by atoms with Gasteiger partial charge >= 0.3 is 0 Å². The zero-order valence-corrected chi connectivity index (χ0v) is 16.5. The third-order valence-electron chi connectivity index (χ3n) is 5.37. The molecule has 3 rings (SSSR count). The SMILES string of the molecule is CCCCCCn1n[n+](Cc2ccc(C(C)CC)cc2)c2ccccc21. The Kier molecular flexibility index (Phi) is 6.43. The van der Waals surface area contributed by atoms with E-state index < -0.39 is 0 Å². The molecule has 0 spiro atoms. The number of para-hydroxylation sites is 2. The quantitative estimate of drug-likeness (QED) is 0.371. The molecule has 138 valence electrons. The molecular formula is C23H32N3+. The highest BCUT2D eigenvalue weighted by atomic mass is 15.5. The highest BCUT2D eigenvalue weighted by Crippen LogP contribution is 2.19. The van der Waals surface area contributed by atoms with Crippen molar-refractivity contribution in [1.29, 1.82) is 0 Å². The summed E-state index contributed by atoms with van der Waals surface area (Å²) in [6.07, 6.45) is 6.24. The fourth-order valence-electron chi connectivity index (χ4n) is 3.46. The Balaban J connectivity index is 1.79. The fraction of sp³-hybridized carbons (Fsp3) is 0.478. The van der Waals surface area contributed by atoms with Crippen LogP contribution in [0, 0.1) is 0 Å². The highest BCUT2D eigenvalue weighted by molar-refractivity contribution is 5.70. The molecule has 2 aromatic carbocycles. The van der Waals surface area contributed by atoms with E-state index in [4.69, 9.17) is 5.21 Å². The van der Waals surface area contributed by atoms with Crippen LogP contribution in [0.15, 0.2) is 48.5 Å². The molecule has 1 unspecified atom stereocenters. The average molecular weight is 351 g/mol. The van der Waals surface area contributed by atoms with E-state index in [9.17, 15) is 0 Å². The Labute approximate surface area is 157 Å². The van der Waals surface area contributed by atoms with Crippen LogP contribution in [-0.2, 0) is 13.1 Å². The fourth-order valence-corrected chi connectivity index (χ4v) is 3.46. The molecule has 1 atom stereocenters. The lowest BCUT2D eigenvalue weighted by molar-refractivity contribution is -0.724. The molecule has 0 saturated carbocycles. The molecule has 0 fully saturated rings. The first-order valence-electron chi connectivity index (χ1n) is 10.2. The lowest BCUT2D eigenvalue weighted by atomic mass is 9.98. The Morgan fingerprint density at radius 1 is 0.962 bits per heavy atom. The zero-order valence-electron chi connectivity index (χ0n) is 16.5. The summed E-state index contributed by atoms with van der Waals surface area (Å²) in [5.41, 5.74) is 5.19. The van der Waals surface area contributed by atoms with Gasteiger partial charge in [0.1, 0.15) is 13.1 Å². The normalized spacial score (nSPS) is 12.6. The summed E-state index contributed by atoms with van der Waals surface area (Å²) >= 11 is 0. The van der Waals surface area contributed by atoms with E-state index in [1.54, 1.807) is 0 Å². The first kappa shape index (κ1) is 18.6. The summed E-state index contributed by atoms with van der Waals surface area (Å²) in [6.45, 7) is 8.61. The van der Waals surface area contributed by atoms with Gasteiger partial charge in [0.15, 0.2) is 11.0 Å². The molecule has 0 aliphatic carbocycles. The van der Waals surface area contributed by atoms with Crippen molar-refractivity contribution in [1.82, 2.24) is 9.90 Å². The Hall–Kier alpha value is -2.16. The van der Waals surface area contributed by atoms with Gasteiger partial charge in [-0.3, -0.25) is 0 Å². The minimum Gasteiger partial charge on any atom is -0.129 e. The molecule has 0 bridgehead atoms. The molecule has 26 heavy (non-hydrogen) atoms. The summed E-state index contributed by atoms with van der Waals surface area (Å²) in [7, 11) is 0. The van der Waals surface area contributed by atoms with Crippen LogP contribution in [0.1, 0.15) is 69.9 Å². The molecule has 1 aromatic heterocycles. The molecule has 3 aromatic rings. The van der Waals surface area contributed by atoms with Crippen molar-refractivity contribution in [3.05, 3.63) is 59.7 Å². The van der Waals surface area contributed by atoms with Crippen LogP contribution >= 0.6 is 0 Å². The number of rotatable bonds is 9. The average Bonchev–Trinajstić information content (AvgIpc) is 3.03. The monoisotopic (exact) mass is 350 g/mol. The molecule has 3 nitrogen and oxygen atoms in total. The van der Waals surface area contributed by atoms with Crippen molar-refractivity contribution >= 4 is 11.0 Å². The van der Waals surface area contributed by atoms with Gasteiger partial charge in [-0.15, -0.1) is 9.36 Å². The number of hydrogen-bond acceptors (Lipinski definition) is 1. The third kappa shape index (κ3) is 4.32. The largest absolute Gasteiger partial charge is 0.198 e. The van der Waals surface area contributed by atoms with Gasteiger partial charge in [0, 0.05) is 0 Å². The second-order valence-electron chi connectivity index (χ2n) is 7.37. The van der Waals surface area contributed by atoms with E-state index in [1.165, 1.54) is 54.3 Å². The third-order valence-corrected chi connectivity index (χ3v) is 5.37. The van der Waals surface area contributed by atoms with Crippen molar-refractivity contribution in [3.8, 4) is 0 Å². The van der Waals surface area contributed by atoms with Gasteiger partial charge in [-0.25, -0.2) is 0 Å². The highest BCUT2D eigenvalue weighted by Gasteiger charge is 2.17. The second-order valence-corrected chi connectivity index (χ2v) is 7.37. The molecule has 3 heteroatoms. The summed E-state index contributed by atoms with van der Waals surface area (Å²) in [5.74, 6) is 0.625. The van der Waals surface area contributed by atoms with Crippen LogP contribution in [0.4, 0.5) is 0 Å². The molecular weight excluding hydrogens is 318 g/mol. The van der Waals surface area contributed by atoms with Gasteiger partial charge in [0.2, 0.25) is 0 Å². The van der Waals surface area contributed by atoms with E-state index in [2.05, 4.69) is 78.7 Å². The van der Waals surface area contributed by atoms with E-state index >= 15 is 0 Å². The molecule has 0 saturated heterocycles. The maximum absolute atomic E-state index is 4.89. The number of aromatic nitrogens is 3. The van der Waals surface area contributed by atoms with Gasteiger partial charge in [-0.05, 0) is 48.4 Å². The number of unbranched alkanes of at least 4 members (excludes halogenated alkanes) is 3.